The van der Waals surface area contributed by atoms with Gasteiger partial charge in [0.15, 0.2) is 0 Å². The fourth-order valence-corrected chi connectivity index (χ4v) is 4.49. The van der Waals surface area contributed by atoms with Gasteiger partial charge in [0.25, 0.3) is 0 Å². The first-order chi connectivity index (χ1) is 17.1. The van der Waals surface area contributed by atoms with Crippen molar-refractivity contribution in [1.29, 1.82) is 0 Å². The summed E-state index contributed by atoms with van der Waals surface area (Å²) in [5.74, 6) is 2.60. The molecule has 1 saturated heterocycles. The lowest BCUT2D eigenvalue weighted by Crippen LogP contribution is -2.51. The minimum absolute atomic E-state index is 0.288. The van der Waals surface area contributed by atoms with Crippen molar-refractivity contribution in [2.45, 2.75) is 65.6 Å². The summed E-state index contributed by atoms with van der Waals surface area (Å²) >= 11 is 0. The molecule has 2 aromatic carbocycles. The van der Waals surface area contributed by atoms with E-state index in [4.69, 9.17) is 9.47 Å². The number of hydrogen-bond acceptors (Lipinski definition) is 6. The van der Waals surface area contributed by atoms with E-state index in [2.05, 4.69) is 73.9 Å². The van der Waals surface area contributed by atoms with Crippen LogP contribution in [0.3, 0.4) is 0 Å². The number of hydrogen-bond donors (Lipinski definition) is 2. The van der Waals surface area contributed by atoms with Crippen molar-refractivity contribution >= 4 is 0 Å². The molecule has 6 nitrogen and oxygen atoms in total. The summed E-state index contributed by atoms with van der Waals surface area (Å²) in [5, 5.41) is 21.1. The van der Waals surface area contributed by atoms with Crippen molar-refractivity contribution in [1.82, 2.24) is 9.80 Å². The maximum absolute atomic E-state index is 10.6. The van der Waals surface area contributed by atoms with Gasteiger partial charge in [-0.15, -0.1) is 0 Å². The van der Waals surface area contributed by atoms with Crippen LogP contribution in [0.25, 0.3) is 0 Å². The second-order valence-corrected chi connectivity index (χ2v) is 10.9. The molecule has 200 valence electrons. The second-order valence-electron chi connectivity index (χ2n) is 10.9. The number of aliphatic hydroxyl groups is 2. The Kier molecular flexibility index (Phi) is 10.6. The number of aryl methyl sites for hydroxylation is 2. The van der Waals surface area contributed by atoms with Crippen LogP contribution >= 0.6 is 0 Å². The largest absolute Gasteiger partial charge is 0.491 e. The van der Waals surface area contributed by atoms with Gasteiger partial charge in [-0.2, -0.15) is 0 Å². The number of aliphatic hydroxyl groups excluding tert-OH is 2. The Hall–Kier alpha value is -2.12. The highest BCUT2D eigenvalue weighted by Crippen LogP contribution is 2.25. The van der Waals surface area contributed by atoms with E-state index in [1.54, 1.807) is 0 Å². The van der Waals surface area contributed by atoms with E-state index >= 15 is 0 Å². The maximum atomic E-state index is 10.6. The molecule has 0 spiro atoms. The van der Waals surface area contributed by atoms with Crippen molar-refractivity contribution in [3.63, 3.8) is 0 Å². The molecule has 2 N–H and O–H groups in total. The molecule has 0 aromatic heterocycles. The zero-order chi connectivity index (χ0) is 26.2. The summed E-state index contributed by atoms with van der Waals surface area (Å²) in [6, 6.07) is 12.6. The summed E-state index contributed by atoms with van der Waals surface area (Å²) in [5.41, 5.74) is 4.66. The van der Waals surface area contributed by atoms with Crippen molar-refractivity contribution in [2.75, 3.05) is 52.5 Å². The van der Waals surface area contributed by atoms with E-state index in [0.717, 1.165) is 48.8 Å². The maximum Gasteiger partial charge on any atom is 0.122 e. The van der Waals surface area contributed by atoms with Crippen LogP contribution in [0.15, 0.2) is 36.4 Å². The van der Waals surface area contributed by atoms with Gasteiger partial charge in [-0.1, -0.05) is 52.0 Å². The van der Waals surface area contributed by atoms with Crippen LogP contribution < -0.4 is 9.47 Å². The van der Waals surface area contributed by atoms with Gasteiger partial charge in [-0.25, -0.2) is 0 Å². The number of ether oxygens (including phenoxy) is 2. The molecule has 1 aliphatic heterocycles. The lowest BCUT2D eigenvalue weighted by molar-refractivity contribution is 0.0239. The topological polar surface area (TPSA) is 65.4 Å². The van der Waals surface area contributed by atoms with Gasteiger partial charge < -0.3 is 19.7 Å². The van der Waals surface area contributed by atoms with Gasteiger partial charge in [0.2, 0.25) is 0 Å². The van der Waals surface area contributed by atoms with Crippen molar-refractivity contribution in [3.05, 3.63) is 58.7 Å². The van der Waals surface area contributed by atoms with E-state index in [0.29, 0.717) is 24.9 Å². The molecule has 1 heterocycles. The van der Waals surface area contributed by atoms with Gasteiger partial charge >= 0.3 is 0 Å². The molecule has 2 atom stereocenters. The predicted molar refractivity (Wildman–Crippen MR) is 146 cm³/mol. The smallest absolute Gasteiger partial charge is 0.122 e. The quantitative estimate of drug-likeness (QED) is 0.454. The van der Waals surface area contributed by atoms with Gasteiger partial charge in [-0.3, -0.25) is 9.80 Å². The number of β-amino-alcohol motifs (C(OH)–C–C–N with tert-alkyl or cyclic N) is 2. The number of rotatable bonds is 12. The molecule has 2 aromatic rings. The first-order valence-corrected chi connectivity index (χ1v) is 13.4. The van der Waals surface area contributed by atoms with Crippen molar-refractivity contribution in [3.8, 4) is 11.5 Å². The Balaban J connectivity index is 1.37. The molecule has 6 heteroatoms. The third-order valence-electron chi connectivity index (χ3n) is 7.02. The third kappa shape index (κ3) is 8.48. The molecule has 0 aliphatic carbocycles. The zero-order valence-electron chi connectivity index (χ0n) is 23.0. The van der Waals surface area contributed by atoms with Crippen LogP contribution in [0.4, 0.5) is 0 Å². The second kappa shape index (κ2) is 13.4. The van der Waals surface area contributed by atoms with Gasteiger partial charge in [0.05, 0.1) is 0 Å². The monoisotopic (exact) mass is 498 g/mol. The normalized spacial score (nSPS) is 16.9. The lowest BCUT2D eigenvalue weighted by Gasteiger charge is -2.36. The van der Waals surface area contributed by atoms with E-state index < -0.39 is 12.2 Å². The van der Waals surface area contributed by atoms with Crippen LogP contribution in [0.2, 0.25) is 0 Å². The molecule has 1 aliphatic rings. The van der Waals surface area contributed by atoms with Crippen LogP contribution in [0.5, 0.6) is 11.5 Å². The van der Waals surface area contributed by atoms with Gasteiger partial charge in [0.1, 0.15) is 36.9 Å². The fraction of sp³-hybridized carbons (Fsp3) is 0.600. The Morgan fingerprint density at radius 2 is 1.03 bits per heavy atom. The molecule has 3 rings (SSSR count). The standard InChI is InChI=1S/C30H46N2O4/c1-21(2)25-9-7-23(5)29(15-25)35-19-27(33)17-31-11-13-32(14-12-31)18-28(34)20-36-30-16-26(22(3)4)10-8-24(30)6/h7-10,15-16,21-22,27-28,33-34H,11-14,17-20H2,1-6H3/t27-,28-/m1/s1. The molecular formula is C30H46N2O4. The summed E-state index contributed by atoms with van der Waals surface area (Å²) in [6.07, 6.45) is -1.08. The molecule has 0 saturated carbocycles. The van der Waals surface area contributed by atoms with Crippen molar-refractivity contribution < 1.29 is 19.7 Å². The highest BCUT2D eigenvalue weighted by atomic mass is 16.5. The van der Waals surface area contributed by atoms with E-state index in [1.165, 1.54) is 11.1 Å². The zero-order valence-corrected chi connectivity index (χ0v) is 23.0. The van der Waals surface area contributed by atoms with Gasteiger partial charge in [-0.05, 0) is 60.1 Å². The highest BCUT2D eigenvalue weighted by Gasteiger charge is 2.22. The van der Waals surface area contributed by atoms with Crippen LogP contribution in [0.1, 0.15) is 61.8 Å². The molecule has 0 radical (unpaired) electrons. The minimum Gasteiger partial charge on any atom is -0.491 e. The highest BCUT2D eigenvalue weighted by molar-refractivity contribution is 5.38. The Morgan fingerprint density at radius 3 is 1.36 bits per heavy atom. The molecule has 1 fully saturated rings. The number of piperazine rings is 1. The molecule has 0 amide bonds. The molecular weight excluding hydrogens is 452 g/mol. The molecule has 0 unspecified atom stereocenters. The van der Waals surface area contributed by atoms with Crippen molar-refractivity contribution in [2.24, 2.45) is 0 Å². The molecule has 0 bridgehead atoms. The van der Waals surface area contributed by atoms with Crippen LogP contribution in [0, 0.1) is 13.8 Å². The number of nitrogens with zero attached hydrogens (tertiary/aromatic N) is 2. The summed E-state index contributed by atoms with van der Waals surface area (Å²) < 4.78 is 11.9. The van der Waals surface area contributed by atoms with E-state index in [9.17, 15) is 10.2 Å². The number of benzene rings is 2. The average molecular weight is 499 g/mol. The Morgan fingerprint density at radius 1 is 0.667 bits per heavy atom. The van der Waals surface area contributed by atoms with E-state index in [1.807, 2.05) is 13.8 Å². The minimum atomic E-state index is -0.539. The third-order valence-corrected chi connectivity index (χ3v) is 7.02. The first kappa shape index (κ1) is 28.5. The summed E-state index contributed by atoms with van der Waals surface area (Å²) in [6.45, 7) is 18.0. The fourth-order valence-electron chi connectivity index (χ4n) is 4.49. The summed E-state index contributed by atoms with van der Waals surface area (Å²) in [7, 11) is 0. The SMILES string of the molecule is Cc1ccc(C(C)C)cc1OC[C@H](O)CN1CCN(C[C@@H](O)COc2cc(C(C)C)ccc2C)CC1. The van der Waals surface area contributed by atoms with E-state index in [-0.39, 0.29) is 13.2 Å². The van der Waals surface area contributed by atoms with Gasteiger partial charge in [0, 0.05) is 39.3 Å². The van der Waals surface area contributed by atoms with Crippen LogP contribution in [-0.4, -0.2) is 84.7 Å². The Labute approximate surface area is 217 Å². The first-order valence-electron chi connectivity index (χ1n) is 13.4. The predicted octanol–water partition coefficient (Wildman–Crippen LogP) is 4.35. The average Bonchev–Trinajstić information content (AvgIpc) is 2.84. The summed E-state index contributed by atoms with van der Waals surface area (Å²) in [4.78, 5) is 4.54. The lowest BCUT2D eigenvalue weighted by atomic mass is 10.0. The molecule has 36 heavy (non-hydrogen) atoms. The van der Waals surface area contributed by atoms with Crippen LogP contribution in [-0.2, 0) is 0 Å². The Bertz CT molecular complexity index is 876.